The Balaban J connectivity index is 1.82. The van der Waals surface area contributed by atoms with Crippen molar-refractivity contribution in [2.45, 2.75) is 26.2 Å². The zero-order chi connectivity index (χ0) is 20.3. The Labute approximate surface area is 167 Å². The quantitative estimate of drug-likeness (QED) is 0.801. The van der Waals surface area contributed by atoms with E-state index in [1.807, 2.05) is 31.1 Å². The van der Waals surface area contributed by atoms with Crippen LogP contribution in [0.25, 0.3) is 0 Å². The van der Waals surface area contributed by atoms with Crippen molar-refractivity contribution in [1.29, 1.82) is 0 Å². The molecule has 2 N–H and O–H groups in total. The highest BCUT2D eigenvalue weighted by Gasteiger charge is 2.28. The first-order valence-corrected chi connectivity index (χ1v) is 9.93. The number of nitrogens with zero attached hydrogens (tertiary/aromatic N) is 1. The fourth-order valence-corrected chi connectivity index (χ4v) is 4.42. The van der Waals surface area contributed by atoms with Crippen molar-refractivity contribution in [1.82, 2.24) is 5.32 Å². The molecule has 1 aliphatic carbocycles. The van der Waals surface area contributed by atoms with Crippen LogP contribution in [0.2, 0.25) is 0 Å². The second-order valence-electron chi connectivity index (χ2n) is 6.63. The number of hydrogen-bond donors (Lipinski definition) is 2. The van der Waals surface area contributed by atoms with E-state index in [1.165, 1.54) is 11.3 Å². The zero-order valence-corrected chi connectivity index (χ0v) is 16.9. The van der Waals surface area contributed by atoms with Crippen molar-refractivity contribution < 1.29 is 19.1 Å². The number of carbonyl (C=O) groups is 3. The summed E-state index contributed by atoms with van der Waals surface area (Å²) in [4.78, 5) is 40.0. The average Bonchev–Trinajstić information content (AvgIpc) is 3.22. The number of aryl methyl sites for hydroxylation is 1. The van der Waals surface area contributed by atoms with Gasteiger partial charge < -0.3 is 15.0 Å². The minimum absolute atomic E-state index is 0.174. The molecule has 7 nitrogen and oxygen atoms in total. The summed E-state index contributed by atoms with van der Waals surface area (Å²) in [7, 11) is 3.85. The molecule has 0 radical (unpaired) electrons. The number of hydrogen-bond acceptors (Lipinski definition) is 6. The molecule has 0 bridgehead atoms. The molecular formula is C20H23N3O4S. The summed E-state index contributed by atoms with van der Waals surface area (Å²) in [5.74, 6) is -0.841. The maximum Gasteiger partial charge on any atom is 0.414 e. The zero-order valence-electron chi connectivity index (χ0n) is 16.1. The Bertz CT molecular complexity index is 903. The predicted octanol–water partition coefficient (Wildman–Crippen LogP) is 3.44. The molecule has 3 amide bonds. The number of imide groups is 1. The first-order chi connectivity index (χ1) is 13.4. The molecule has 3 rings (SSSR count). The van der Waals surface area contributed by atoms with Crippen molar-refractivity contribution in [2.75, 3.05) is 30.9 Å². The summed E-state index contributed by atoms with van der Waals surface area (Å²) in [5.41, 5.74) is 2.76. The van der Waals surface area contributed by atoms with Gasteiger partial charge in [-0.2, -0.15) is 0 Å². The minimum atomic E-state index is -0.790. The van der Waals surface area contributed by atoms with Gasteiger partial charge in [-0.25, -0.2) is 4.79 Å². The van der Waals surface area contributed by atoms with Gasteiger partial charge in [0.25, 0.3) is 11.8 Å². The fourth-order valence-electron chi connectivity index (χ4n) is 3.14. The normalized spacial score (nSPS) is 12.2. The number of amides is 3. The number of rotatable bonds is 5. The first kappa shape index (κ1) is 19.9. The summed E-state index contributed by atoms with van der Waals surface area (Å²) in [6.45, 7) is 1.84. The van der Waals surface area contributed by atoms with E-state index in [-0.39, 0.29) is 12.5 Å². The molecule has 8 heteroatoms. The summed E-state index contributed by atoms with van der Waals surface area (Å²) < 4.78 is 4.79. The summed E-state index contributed by atoms with van der Waals surface area (Å²) >= 11 is 1.40. The monoisotopic (exact) mass is 401 g/mol. The topological polar surface area (TPSA) is 87.7 Å². The number of alkyl carbamates (subject to hydrolysis) is 1. The molecule has 1 aliphatic rings. The van der Waals surface area contributed by atoms with Gasteiger partial charge >= 0.3 is 6.09 Å². The van der Waals surface area contributed by atoms with Crippen LogP contribution in [0.1, 0.15) is 44.5 Å². The van der Waals surface area contributed by atoms with Gasteiger partial charge in [0, 0.05) is 30.2 Å². The molecular weight excluding hydrogens is 378 g/mol. The molecule has 0 saturated carbocycles. The Morgan fingerprint density at radius 3 is 2.46 bits per heavy atom. The maximum atomic E-state index is 12.7. The Morgan fingerprint density at radius 2 is 1.82 bits per heavy atom. The number of benzene rings is 1. The Kier molecular flexibility index (Phi) is 5.99. The summed E-state index contributed by atoms with van der Waals surface area (Å²) in [5, 5.41) is 5.55. The van der Waals surface area contributed by atoms with Gasteiger partial charge in [-0.3, -0.25) is 14.9 Å². The van der Waals surface area contributed by atoms with Crippen LogP contribution in [0.15, 0.2) is 24.3 Å². The highest BCUT2D eigenvalue weighted by atomic mass is 32.1. The van der Waals surface area contributed by atoms with E-state index in [4.69, 9.17) is 4.74 Å². The Hall–Kier alpha value is -2.87. The van der Waals surface area contributed by atoms with E-state index in [0.717, 1.165) is 35.4 Å². The van der Waals surface area contributed by atoms with E-state index < -0.39 is 12.0 Å². The van der Waals surface area contributed by atoms with Crippen molar-refractivity contribution >= 4 is 39.9 Å². The third-order valence-corrected chi connectivity index (χ3v) is 5.72. The SMILES string of the molecule is CCOC(=O)NC(=O)c1c(NC(=O)c2ccc(N(C)C)cc2)sc2c1CCC2. The van der Waals surface area contributed by atoms with Gasteiger partial charge in [-0.15, -0.1) is 11.3 Å². The van der Waals surface area contributed by atoms with Crippen LogP contribution in [-0.4, -0.2) is 38.6 Å². The molecule has 28 heavy (non-hydrogen) atoms. The number of ether oxygens (including phenoxy) is 1. The standard InChI is InChI=1S/C20H23N3O4S/c1-4-27-20(26)22-18(25)16-14-6-5-7-15(14)28-19(16)21-17(24)12-8-10-13(11-9-12)23(2)3/h8-11H,4-7H2,1-3H3,(H,21,24)(H,22,25,26). The lowest BCUT2D eigenvalue weighted by Gasteiger charge is -2.13. The third-order valence-electron chi connectivity index (χ3n) is 4.51. The van der Waals surface area contributed by atoms with E-state index in [0.29, 0.717) is 16.1 Å². The number of anilines is 2. The molecule has 0 aliphatic heterocycles. The Morgan fingerprint density at radius 1 is 1.11 bits per heavy atom. The van der Waals surface area contributed by atoms with E-state index in [9.17, 15) is 14.4 Å². The van der Waals surface area contributed by atoms with Gasteiger partial charge in [0.1, 0.15) is 5.00 Å². The van der Waals surface area contributed by atoms with E-state index >= 15 is 0 Å². The molecule has 0 unspecified atom stereocenters. The van der Waals surface area contributed by atoms with Crippen LogP contribution in [0.4, 0.5) is 15.5 Å². The molecule has 1 heterocycles. The molecule has 1 aromatic carbocycles. The van der Waals surface area contributed by atoms with Crippen molar-refractivity contribution in [3.05, 3.63) is 45.8 Å². The lowest BCUT2D eigenvalue weighted by molar-refractivity contribution is 0.0925. The second-order valence-corrected chi connectivity index (χ2v) is 7.74. The highest BCUT2D eigenvalue weighted by Crippen LogP contribution is 2.39. The van der Waals surface area contributed by atoms with Gasteiger partial charge in [0.05, 0.1) is 12.2 Å². The average molecular weight is 401 g/mol. The number of thiophene rings is 1. The summed E-state index contributed by atoms with van der Waals surface area (Å²) in [6.07, 6.45) is 1.79. The van der Waals surface area contributed by atoms with Gasteiger partial charge in [-0.05, 0) is 56.0 Å². The third kappa shape index (κ3) is 4.17. The lowest BCUT2D eigenvalue weighted by atomic mass is 10.1. The first-order valence-electron chi connectivity index (χ1n) is 9.12. The van der Waals surface area contributed by atoms with Crippen molar-refractivity contribution in [3.63, 3.8) is 0 Å². The highest BCUT2D eigenvalue weighted by molar-refractivity contribution is 7.17. The molecule has 2 aromatic rings. The minimum Gasteiger partial charge on any atom is -0.450 e. The predicted molar refractivity (Wildman–Crippen MR) is 110 cm³/mol. The fraction of sp³-hybridized carbons (Fsp3) is 0.350. The van der Waals surface area contributed by atoms with E-state index in [2.05, 4.69) is 10.6 Å². The van der Waals surface area contributed by atoms with Gasteiger partial charge in [0.15, 0.2) is 0 Å². The molecule has 0 atom stereocenters. The molecule has 148 valence electrons. The molecule has 0 saturated heterocycles. The van der Waals surface area contributed by atoms with Crippen LogP contribution in [0.3, 0.4) is 0 Å². The van der Waals surface area contributed by atoms with E-state index in [1.54, 1.807) is 19.1 Å². The number of nitrogens with one attached hydrogen (secondary N) is 2. The van der Waals surface area contributed by atoms with Gasteiger partial charge in [-0.1, -0.05) is 0 Å². The second kappa shape index (κ2) is 8.43. The smallest absolute Gasteiger partial charge is 0.414 e. The molecule has 1 aromatic heterocycles. The van der Waals surface area contributed by atoms with Crippen LogP contribution in [0, 0.1) is 0 Å². The molecule has 0 spiro atoms. The molecule has 0 fully saturated rings. The van der Waals surface area contributed by atoms with Crippen LogP contribution in [0.5, 0.6) is 0 Å². The van der Waals surface area contributed by atoms with Gasteiger partial charge in [0.2, 0.25) is 0 Å². The lowest BCUT2D eigenvalue weighted by Crippen LogP contribution is -2.32. The van der Waals surface area contributed by atoms with Crippen molar-refractivity contribution in [2.24, 2.45) is 0 Å². The van der Waals surface area contributed by atoms with Crippen LogP contribution in [-0.2, 0) is 17.6 Å². The summed E-state index contributed by atoms with van der Waals surface area (Å²) in [6, 6.07) is 7.20. The van der Waals surface area contributed by atoms with Crippen LogP contribution >= 0.6 is 11.3 Å². The maximum absolute atomic E-state index is 12.7. The van der Waals surface area contributed by atoms with Crippen LogP contribution < -0.4 is 15.5 Å². The largest absolute Gasteiger partial charge is 0.450 e. The number of fused-ring (bicyclic) bond motifs is 1. The van der Waals surface area contributed by atoms with Crippen molar-refractivity contribution in [3.8, 4) is 0 Å². The number of carbonyl (C=O) groups excluding carboxylic acids is 3.